The lowest BCUT2D eigenvalue weighted by Crippen LogP contribution is -1.75. The maximum atomic E-state index is 5.17. The van der Waals surface area contributed by atoms with Crippen molar-refractivity contribution in [2.45, 2.75) is 0 Å². The topological polar surface area (TPSA) is 12.9 Å². The predicted octanol–water partition coefficient (Wildman–Crippen LogP) is 9.21. The molecule has 7 aromatic rings. The molecule has 0 saturated heterocycles. The predicted molar refractivity (Wildman–Crippen MR) is 139 cm³/mol. The van der Waals surface area contributed by atoms with Crippen LogP contribution in [-0.4, -0.2) is 4.98 Å². The summed E-state index contributed by atoms with van der Waals surface area (Å²) < 4.78 is 5.29. The summed E-state index contributed by atoms with van der Waals surface area (Å²) >= 11 is 5.58. The van der Waals surface area contributed by atoms with Crippen molar-refractivity contribution in [3.63, 3.8) is 0 Å². The van der Waals surface area contributed by atoms with Gasteiger partial charge in [0.15, 0.2) is 0 Å². The quantitative estimate of drug-likeness (QED) is 0.256. The second-order valence-electron chi connectivity index (χ2n) is 7.58. The first-order valence-corrected chi connectivity index (χ1v) is 12.6. The standard InChI is InChI=1S/C27H15NS3/c1-3-9-16(10-4-1)21-15-19-22-18-13-7-8-14-20(18)29-25(22)23-26(24(19)30-21)31-27(28-23)17-11-5-2-6-12-17/h1-15H. The first kappa shape index (κ1) is 17.6. The smallest absolute Gasteiger partial charge is 0.124 e. The molecule has 0 unspecified atom stereocenters. The minimum atomic E-state index is 1.09. The molecule has 0 fully saturated rings. The molecule has 1 nitrogen and oxygen atoms in total. The second-order valence-corrected chi connectivity index (χ2v) is 10.7. The Kier molecular flexibility index (Phi) is 3.82. The van der Waals surface area contributed by atoms with E-state index < -0.39 is 0 Å². The van der Waals surface area contributed by atoms with Crippen molar-refractivity contribution in [2.24, 2.45) is 0 Å². The van der Waals surface area contributed by atoms with Gasteiger partial charge in [-0.25, -0.2) is 4.98 Å². The maximum absolute atomic E-state index is 5.17. The van der Waals surface area contributed by atoms with E-state index in [1.165, 1.54) is 51.0 Å². The van der Waals surface area contributed by atoms with E-state index in [4.69, 9.17) is 4.98 Å². The van der Waals surface area contributed by atoms with E-state index in [0.29, 0.717) is 0 Å². The van der Waals surface area contributed by atoms with Crippen molar-refractivity contribution in [1.29, 1.82) is 0 Å². The summed E-state index contributed by atoms with van der Waals surface area (Å²) in [5.41, 5.74) is 3.61. The van der Waals surface area contributed by atoms with Gasteiger partial charge in [0, 0.05) is 31.3 Å². The van der Waals surface area contributed by atoms with Gasteiger partial charge in [-0.1, -0.05) is 78.9 Å². The van der Waals surface area contributed by atoms with Crippen LogP contribution in [0.1, 0.15) is 0 Å². The highest BCUT2D eigenvalue weighted by Crippen LogP contribution is 2.50. The molecule has 0 N–H and O–H groups in total. The van der Waals surface area contributed by atoms with Gasteiger partial charge in [-0.2, -0.15) is 0 Å². The molecule has 0 bridgehead atoms. The number of fused-ring (bicyclic) bond motifs is 8. The fourth-order valence-corrected chi connectivity index (χ4v) is 7.97. The molecule has 0 atom stereocenters. The summed E-state index contributed by atoms with van der Waals surface area (Å²) in [6.07, 6.45) is 0. The van der Waals surface area contributed by atoms with Crippen LogP contribution in [-0.2, 0) is 0 Å². The third-order valence-electron chi connectivity index (χ3n) is 5.72. The van der Waals surface area contributed by atoms with Crippen molar-refractivity contribution in [3.8, 4) is 21.0 Å². The summed E-state index contributed by atoms with van der Waals surface area (Å²) in [5.74, 6) is 0. The van der Waals surface area contributed by atoms with Crippen LogP contribution in [0, 0.1) is 0 Å². The molecule has 4 heteroatoms. The molecular formula is C27H15NS3. The summed E-state index contributed by atoms with van der Waals surface area (Å²) in [6, 6.07) is 32.4. The van der Waals surface area contributed by atoms with E-state index in [0.717, 1.165) is 10.5 Å². The van der Waals surface area contributed by atoms with Crippen LogP contribution in [0.25, 0.3) is 61.5 Å². The van der Waals surface area contributed by atoms with Gasteiger partial charge in [-0.3, -0.25) is 0 Å². The fourth-order valence-electron chi connectivity index (χ4n) is 4.30. The molecule has 0 radical (unpaired) electrons. The number of rotatable bonds is 2. The normalized spacial score (nSPS) is 11.9. The molecule has 0 amide bonds. The van der Waals surface area contributed by atoms with Gasteiger partial charge in [0.05, 0.1) is 14.1 Å². The monoisotopic (exact) mass is 449 g/mol. The summed E-state index contributed by atoms with van der Waals surface area (Å²) in [4.78, 5) is 6.49. The van der Waals surface area contributed by atoms with Crippen LogP contribution in [0.3, 0.4) is 0 Å². The van der Waals surface area contributed by atoms with E-state index >= 15 is 0 Å². The zero-order valence-corrected chi connectivity index (χ0v) is 18.8. The first-order valence-electron chi connectivity index (χ1n) is 10.1. The average Bonchev–Trinajstić information content (AvgIpc) is 3.54. The Bertz CT molecular complexity index is 1720. The largest absolute Gasteiger partial charge is 0.234 e. The van der Waals surface area contributed by atoms with Gasteiger partial charge in [-0.05, 0) is 17.7 Å². The summed E-state index contributed by atoms with van der Waals surface area (Å²) in [6.45, 7) is 0. The molecule has 0 aliphatic heterocycles. The molecule has 7 rings (SSSR count). The molecule has 0 aliphatic rings. The Morgan fingerprint density at radius 2 is 1.26 bits per heavy atom. The second kappa shape index (κ2) is 6.72. The minimum Gasteiger partial charge on any atom is -0.234 e. The Hall–Kier alpha value is -3.05. The van der Waals surface area contributed by atoms with Gasteiger partial charge in [0.2, 0.25) is 0 Å². The highest BCUT2D eigenvalue weighted by molar-refractivity contribution is 7.32. The highest BCUT2D eigenvalue weighted by Gasteiger charge is 2.20. The van der Waals surface area contributed by atoms with E-state index in [2.05, 4.69) is 91.0 Å². The molecule has 3 heterocycles. The maximum Gasteiger partial charge on any atom is 0.124 e. The van der Waals surface area contributed by atoms with Gasteiger partial charge >= 0.3 is 0 Å². The van der Waals surface area contributed by atoms with Gasteiger partial charge in [0.1, 0.15) is 10.5 Å². The van der Waals surface area contributed by atoms with E-state index in [-0.39, 0.29) is 0 Å². The zero-order chi connectivity index (χ0) is 20.4. The number of thiazole rings is 1. The van der Waals surface area contributed by atoms with Crippen molar-refractivity contribution in [1.82, 2.24) is 4.98 Å². The number of hydrogen-bond donors (Lipinski definition) is 0. The number of hydrogen-bond acceptors (Lipinski definition) is 4. The molecule has 0 saturated carbocycles. The van der Waals surface area contributed by atoms with Gasteiger partial charge in [0.25, 0.3) is 0 Å². The third-order valence-corrected chi connectivity index (χ3v) is 9.35. The Balaban J connectivity index is 1.66. The van der Waals surface area contributed by atoms with Crippen LogP contribution in [0.4, 0.5) is 0 Å². The fraction of sp³-hybridized carbons (Fsp3) is 0. The first-order chi connectivity index (χ1) is 15.4. The molecule has 31 heavy (non-hydrogen) atoms. The lowest BCUT2D eigenvalue weighted by atomic mass is 10.1. The SMILES string of the molecule is c1ccc(-c2cc3c(s2)c2sc(-c4ccccc4)nc2c2sc4ccccc4c32)cc1. The van der Waals surface area contributed by atoms with Crippen molar-refractivity contribution >= 4 is 74.5 Å². The Labute approximate surface area is 190 Å². The summed E-state index contributed by atoms with van der Waals surface area (Å²) in [7, 11) is 0. The van der Waals surface area contributed by atoms with Crippen LogP contribution in [0.5, 0.6) is 0 Å². The number of benzene rings is 4. The van der Waals surface area contributed by atoms with Crippen molar-refractivity contribution in [2.75, 3.05) is 0 Å². The average molecular weight is 450 g/mol. The van der Waals surface area contributed by atoms with Crippen LogP contribution >= 0.6 is 34.0 Å². The Morgan fingerprint density at radius 1 is 0.548 bits per heavy atom. The van der Waals surface area contributed by atoms with Crippen LogP contribution < -0.4 is 0 Å². The number of thiophene rings is 2. The lowest BCUT2D eigenvalue weighted by molar-refractivity contribution is 1.50. The zero-order valence-electron chi connectivity index (χ0n) is 16.3. The third kappa shape index (κ3) is 2.62. The van der Waals surface area contributed by atoms with Gasteiger partial charge < -0.3 is 0 Å². The molecule has 146 valence electrons. The van der Waals surface area contributed by atoms with E-state index in [9.17, 15) is 0 Å². The minimum absolute atomic E-state index is 1.09. The lowest BCUT2D eigenvalue weighted by Gasteiger charge is -1.97. The van der Waals surface area contributed by atoms with Crippen LogP contribution in [0.15, 0.2) is 91.0 Å². The van der Waals surface area contributed by atoms with Crippen LogP contribution in [0.2, 0.25) is 0 Å². The van der Waals surface area contributed by atoms with Crippen molar-refractivity contribution in [3.05, 3.63) is 91.0 Å². The number of aromatic nitrogens is 1. The van der Waals surface area contributed by atoms with Crippen molar-refractivity contribution < 1.29 is 0 Å². The van der Waals surface area contributed by atoms with E-state index in [1.54, 1.807) is 0 Å². The molecular weight excluding hydrogens is 435 g/mol. The van der Waals surface area contributed by atoms with Gasteiger partial charge in [-0.15, -0.1) is 34.0 Å². The highest BCUT2D eigenvalue weighted by atomic mass is 32.1. The molecule has 0 aliphatic carbocycles. The molecule has 4 aromatic carbocycles. The van der Waals surface area contributed by atoms with E-state index in [1.807, 2.05) is 34.0 Å². The number of nitrogens with zero attached hydrogens (tertiary/aromatic N) is 1. The molecule has 0 spiro atoms. The summed E-state index contributed by atoms with van der Waals surface area (Å²) in [5, 5.41) is 5.14. The molecule has 3 aromatic heterocycles. The Morgan fingerprint density at radius 3 is 2.06 bits per heavy atom.